The fourth-order valence-corrected chi connectivity index (χ4v) is 4.22. The second kappa shape index (κ2) is 5.29. The molecule has 0 aromatic carbocycles. The quantitative estimate of drug-likeness (QED) is 0.655. The first-order chi connectivity index (χ1) is 6.45. The van der Waals surface area contributed by atoms with Gasteiger partial charge in [-0.2, -0.15) is 11.8 Å². The standard InChI is InChI=1S/C12H22S/c1-2-6-11(5-1)9-13-10-12-7-3-4-8-12/h11-12H,1-10H2. The van der Waals surface area contributed by atoms with E-state index in [-0.39, 0.29) is 0 Å². The summed E-state index contributed by atoms with van der Waals surface area (Å²) in [5, 5.41) is 0. The number of rotatable bonds is 4. The highest BCUT2D eigenvalue weighted by Gasteiger charge is 2.17. The van der Waals surface area contributed by atoms with Gasteiger partial charge in [-0.15, -0.1) is 0 Å². The Morgan fingerprint density at radius 1 is 0.692 bits per heavy atom. The van der Waals surface area contributed by atoms with Gasteiger partial charge >= 0.3 is 0 Å². The topological polar surface area (TPSA) is 0 Å². The normalized spacial score (nSPS) is 25.8. The molecule has 2 aliphatic carbocycles. The predicted octanol–water partition coefficient (Wildman–Crippen LogP) is 4.10. The Labute approximate surface area is 86.9 Å². The molecule has 0 atom stereocenters. The summed E-state index contributed by atoms with van der Waals surface area (Å²) in [7, 11) is 0. The molecule has 2 fully saturated rings. The molecule has 0 aromatic heterocycles. The summed E-state index contributed by atoms with van der Waals surface area (Å²) < 4.78 is 0. The first-order valence-electron chi connectivity index (χ1n) is 6.03. The lowest BCUT2D eigenvalue weighted by Crippen LogP contribution is -2.02. The van der Waals surface area contributed by atoms with Crippen LogP contribution in [0.5, 0.6) is 0 Å². The molecule has 0 saturated heterocycles. The van der Waals surface area contributed by atoms with Crippen LogP contribution in [0.4, 0.5) is 0 Å². The zero-order valence-electron chi connectivity index (χ0n) is 8.63. The summed E-state index contributed by atoms with van der Waals surface area (Å²) in [6, 6.07) is 0. The third-order valence-corrected chi connectivity index (χ3v) is 5.07. The van der Waals surface area contributed by atoms with E-state index in [1.165, 1.54) is 62.9 Å². The van der Waals surface area contributed by atoms with Crippen LogP contribution >= 0.6 is 11.8 Å². The van der Waals surface area contributed by atoms with Gasteiger partial charge in [0.2, 0.25) is 0 Å². The van der Waals surface area contributed by atoms with E-state index >= 15 is 0 Å². The molecule has 0 unspecified atom stereocenters. The van der Waals surface area contributed by atoms with E-state index in [1.807, 2.05) is 0 Å². The minimum atomic E-state index is 1.09. The molecule has 0 nitrogen and oxygen atoms in total. The van der Waals surface area contributed by atoms with E-state index in [0.29, 0.717) is 0 Å². The highest BCUT2D eigenvalue weighted by atomic mass is 32.2. The molecule has 76 valence electrons. The summed E-state index contributed by atoms with van der Waals surface area (Å²) >= 11 is 2.25. The minimum absolute atomic E-state index is 1.09. The SMILES string of the molecule is C1CCC(CSCC2CCCC2)C1. The van der Waals surface area contributed by atoms with Crippen molar-refractivity contribution in [3.8, 4) is 0 Å². The molecule has 0 aromatic rings. The van der Waals surface area contributed by atoms with Crippen LogP contribution in [-0.4, -0.2) is 11.5 Å². The molecule has 2 saturated carbocycles. The molecule has 0 spiro atoms. The van der Waals surface area contributed by atoms with E-state index in [9.17, 15) is 0 Å². The lowest BCUT2D eigenvalue weighted by atomic mass is 10.1. The molecule has 13 heavy (non-hydrogen) atoms. The summed E-state index contributed by atoms with van der Waals surface area (Å²) in [4.78, 5) is 0. The van der Waals surface area contributed by atoms with Crippen LogP contribution in [0.3, 0.4) is 0 Å². The number of hydrogen-bond acceptors (Lipinski definition) is 1. The van der Waals surface area contributed by atoms with Crippen molar-refractivity contribution in [3.63, 3.8) is 0 Å². The van der Waals surface area contributed by atoms with Crippen molar-refractivity contribution in [1.29, 1.82) is 0 Å². The second-order valence-electron chi connectivity index (χ2n) is 4.84. The van der Waals surface area contributed by atoms with Crippen molar-refractivity contribution in [2.75, 3.05) is 11.5 Å². The van der Waals surface area contributed by atoms with Gasteiger partial charge in [-0.1, -0.05) is 25.7 Å². The molecule has 0 amide bonds. The van der Waals surface area contributed by atoms with Crippen LogP contribution in [0.1, 0.15) is 51.4 Å². The first-order valence-corrected chi connectivity index (χ1v) is 7.18. The molecule has 2 rings (SSSR count). The van der Waals surface area contributed by atoms with Crippen molar-refractivity contribution < 1.29 is 0 Å². The molecular formula is C12H22S. The third kappa shape index (κ3) is 3.19. The smallest absolute Gasteiger partial charge is 0.00390 e. The van der Waals surface area contributed by atoms with Crippen LogP contribution in [0, 0.1) is 11.8 Å². The summed E-state index contributed by atoms with van der Waals surface area (Å²) in [5.41, 5.74) is 0. The summed E-state index contributed by atoms with van der Waals surface area (Å²) in [6.45, 7) is 0. The van der Waals surface area contributed by atoms with Crippen LogP contribution in [-0.2, 0) is 0 Å². The molecule has 0 bridgehead atoms. The monoisotopic (exact) mass is 198 g/mol. The number of thioether (sulfide) groups is 1. The van der Waals surface area contributed by atoms with E-state index in [0.717, 1.165) is 11.8 Å². The van der Waals surface area contributed by atoms with Gasteiger partial charge in [0.25, 0.3) is 0 Å². The molecule has 2 aliphatic rings. The van der Waals surface area contributed by atoms with Crippen LogP contribution in [0.25, 0.3) is 0 Å². The Kier molecular flexibility index (Phi) is 4.02. The van der Waals surface area contributed by atoms with Crippen molar-refractivity contribution in [1.82, 2.24) is 0 Å². The lowest BCUT2D eigenvalue weighted by molar-refractivity contribution is 0.607. The van der Waals surface area contributed by atoms with E-state index in [1.54, 1.807) is 0 Å². The highest BCUT2D eigenvalue weighted by molar-refractivity contribution is 7.99. The van der Waals surface area contributed by atoms with E-state index in [2.05, 4.69) is 11.8 Å². The summed E-state index contributed by atoms with van der Waals surface area (Å²) in [5.74, 6) is 5.12. The zero-order chi connectivity index (χ0) is 8.93. The highest BCUT2D eigenvalue weighted by Crippen LogP contribution is 2.32. The summed E-state index contributed by atoms with van der Waals surface area (Å²) in [6.07, 6.45) is 12.1. The van der Waals surface area contributed by atoms with Gasteiger partial charge in [0, 0.05) is 0 Å². The van der Waals surface area contributed by atoms with Gasteiger partial charge < -0.3 is 0 Å². The predicted molar refractivity (Wildman–Crippen MR) is 61.2 cm³/mol. The maximum absolute atomic E-state index is 2.25. The lowest BCUT2D eigenvalue weighted by Gasteiger charge is -2.11. The maximum atomic E-state index is 2.25. The van der Waals surface area contributed by atoms with Crippen LogP contribution < -0.4 is 0 Å². The molecular weight excluding hydrogens is 176 g/mol. The molecule has 0 aliphatic heterocycles. The molecule has 0 heterocycles. The Morgan fingerprint density at radius 2 is 1.08 bits per heavy atom. The Morgan fingerprint density at radius 3 is 1.46 bits per heavy atom. The van der Waals surface area contributed by atoms with E-state index in [4.69, 9.17) is 0 Å². The van der Waals surface area contributed by atoms with E-state index < -0.39 is 0 Å². The molecule has 0 radical (unpaired) electrons. The van der Waals surface area contributed by atoms with Gasteiger partial charge in [0.1, 0.15) is 0 Å². The maximum Gasteiger partial charge on any atom is -0.00390 e. The van der Waals surface area contributed by atoms with Gasteiger partial charge in [-0.05, 0) is 49.0 Å². The average Bonchev–Trinajstić information content (AvgIpc) is 2.75. The number of hydrogen-bond donors (Lipinski definition) is 0. The van der Waals surface area contributed by atoms with Crippen molar-refractivity contribution in [2.45, 2.75) is 51.4 Å². The Hall–Kier alpha value is 0.350. The van der Waals surface area contributed by atoms with Gasteiger partial charge in [-0.25, -0.2) is 0 Å². The minimum Gasteiger partial charge on any atom is -0.161 e. The fourth-order valence-electron chi connectivity index (χ4n) is 2.76. The third-order valence-electron chi connectivity index (χ3n) is 3.66. The molecule has 1 heteroatoms. The first kappa shape index (κ1) is 9.89. The van der Waals surface area contributed by atoms with Gasteiger partial charge in [0.15, 0.2) is 0 Å². The Bertz CT molecular complexity index is 116. The zero-order valence-corrected chi connectivity index (χ0v) is 9.45. The van der Waals surface area contributed by atoms with Crippen molar-refractivity contribution >= 4 is 11.8 Å². The van der Waals surface area contributed by atoms with Crippen LogP contribution in [0.2, 0.25) is 0 Å². The largest absolute Gasteiger partial charge is 0.161 e. The fraction of sp³-hybridized carbons (Fsp3) is 1.00. The molecule has 0 N–H and O–H groups in total. The second-order valence-corrected chi connectivity index (χ2v) is 5.91. The average molecular weight is 198 g/mol. The van der Waals surface area contributed by atoms with Crippen molar-refractivity contribution in [3.05, 3.63) is 0 Å². The Balaban J connectivity index is 1.52. The van der Waals surface area contributed by atoms with Gasteiger partial charge in [-0.3, -0.25) is 0 Å². The van der Waals surface area contributed by atoms with Gasteiger partial charge in [0.05, 0.1) is 0 Å². The van der Waals surface area contributed by atoms with Crippen molar-refractivity contribution in [2.24, 2.45) is 11.8 Å². The van der Waals surface area contributed by atoms with Crippen LogP contribution in [0.15, 0.2) is 0 Å².